The lowest BCUT2D eigenvalue weighted by atomic mass is 10.7. The van der Waals surface area contributed by atoms with Gasteiger partial charge in [0.1, 0.15) is 0 Å². The average molecular weight is 163 g/mol. The molecule has 1 heterocycles. The molecule has 1 rings (SSSR count). The zero-order chi connectivity index (χ0) is 7.61. The Balaban J connectivity index is 2.69. The molecule has 0 saturated heterocycles. The summed E-state index contributed by atoms with van der Waals surface area (Å²) in [5.41, 5.74) is 2.25. The number of nitrogens with zero attached hydrogens (tertiary/aromatic N) is 2. The highest BCUT2D eigenvalue weighted by Crippen LogP contribution is 2.38. The topological polar surface area (TPSA) is 85.2 Å². The lowest BCUT2D eigenvalue weighted by molar-refractivity contribution is 0.247. The van der Waals surface area contributed by atoms with Crippen molar-refractivity contribution in [2.75, 3.05) is 0 Å². The van der Waals surface area contributed by atoms with Gasteiger partial charge in [-0.15, -0.1) is 4.89 Å². The fourth-order valence-electron chi connectivity index (χ4n) is 0.430. The van der Waals surface area contributed by atoms with E-state index in [1.807, 2.05) is 0 Å². The lowest BCUT2D eigenvalue weighted by Crippen LogP contribution is -2.27. The van der Waals surface area contributed by atoms with Crippen molar-refractivity contribution < 1.29 is 14.4 Å². The second kappa shape index (κ2) is 2.42. The standard InChI is InChI=1S/C3H6N3O3P/c7-10(8,9)6-4-2-1-3-5-6/h1-4H,(H2,7,8,9). The smallest absolute Gasteiger partial charge is 0.306 e. The number of hydrogen-bond acceptors (Lipinski definition) is 3. The monoisotopic (exact) mass is 163 g/mol. The summed E-state index contributed by atoms with van der Waals surface area (Å²) in [4.78, 5) is 17.4. The molecule has 0 aliphatic carbocycles. The van der Waals surface area contributed by atoms with E-state index in [-0.39, 0.29) is 0 Å². The van der Waals surface area contributed by atoms with E-state index in [0.29, 0.717) is 4.89 Å². The number of hydrazone groups is 1. The average Bonchev–Trinajstić information content (AvgIpc) is 1.88. The summed E-state index contributed by atoms with van der Waals surface area (Å²) in [7, 11) is -4.27. The normalized spacial score (nSPS) is 17.2. The van der Waals surface area contributed by atoms with Gasteiger partial charge in [0.2, 0.25) is 0 Å². The van der Waals surface area contributed by atoms with E-state index in [1.165, 1.54) is 18.5 Å². The van der Waals surface area contributed by atoms with Crippen LogP contribution in [0, 0.1) is 0 Å². The second-order valence-corrected chi connectivity index (χ2v) is 2.96. The van der Waals surface area contributed by atoms with Crippen molar-refractivity contribution in [1.29, 1.82) is 0 Å². The van der Waals surface area contributed by atoms with Crippen molar-refractivity contribution in [2.45, 2.75) is 0 Å². The minimum absolute atomic E-state index is 0.479. The number of allylic oxidation sites excluding steroid dienone is 1. The van der Waals surface area contributed by atoms with Crippen molar-refractivity contribution in [1.82, 2.24) is 10.3 Å². The Labute approximate surface area is 57.0 Å². The summed E-state index contributed by atoms with van der Waals surface area (Å²) in [6, 6.07) is 0. The third-order valence-corrected chi connectivity index (χ3v) is 1.51. The van der Waals surface area contributed by atoms with Crippen molar-refractivity contribution in [2.24, 2.45) is 5.10 Å². The van der Waals surface area contributed by atoms with Crippen molar-refractivity contribution >= 4 is 14.0 Å². The minimum atomic E-state index is -4.27. The zero-order valence-electron chi connectivity index (χ0n) is 4.88. The molecule has 0 aromatic heterocycles. The lowest BCUT2D eigenvalue weighted by Gasteiger charge is -2.19. The maximum atomic E-state index is 10.4. The van der Waals surface area contributed by atoms with Crippen LogP contribution in [-0.2, 0) is 4.57 Å². The van der Waals surface area contributed by atoms with Crippen LogP contribution < -0.4 is 5.43 Å². The maximum absolute atomic E-state index is 10.4. The molecule has 7 heteroatoms. The fourth-order valence-corrected chi connectivity index (χ4v) is 0.841. The third-order valence-electron chi connectivity index (χ3n) is 0.795. The Morgan fingerprint density at radius 2 is 2.30 bits per heavy atom. The molecular weight excluding hydrogens is 157 g/mol. The van der Waals surface area contributed by atoms with Crippen LogP contribution in [0.25, 0.3) is 0 Å². The van der Waals surface area contributed by atoms with E-state index in [1.54, 1.807) is 0 Å². The van der Waals surface area contributed by atoms with E-state index in [4.69, 9.17) is 9.79 Å². The Kier molecular flexibility index (Phi) is 1.76. The Morgan fingerprint density at radius 1 is 1.60 bits per heavy atom. The van der Waals surface area contributed by atoms with Gasteiger partial charge in [-0.1, -0.05) is 0 Å². The van der Waals surface area contributed by atoms with Gasteiger partial charge in [-0.25, -0.2) is 4.57 Å². The van der Waals surface area contributed by atoms with Crippen LogP contribution in [0.15, 0.2) is 17.4 Å². The molecule has 0 atom stereocenters. The summed E-state index contributed by atoms with van der Waals surface area (Å²) in [5.74, 6) is 0. The molecule has 0 saturated carbocycles. The summed E-state index contributed by atoms with van der Waals surface area (Å²) < 4.78 is 10.4. The molecule has 56 valence electrons. The van der Waals surface area contributed by atoms with Gasteiger partial charge in [-0.05, 0) is 6.08 Å². The Bertz CT molecular complexity index is 219. The number of rotatable bonds is 1. The molecule has 0 amide bonds. The van der Waals surface area contributed by atoms with Crippen molar-refractivity contribution in [3.05, 3.63) is 12.3 Å². The quantitative estimate of drug-likeness (QED) is 0.449. The number of hydrazine groups is 1. The fraction of sp³-hybridized carbons (Fsp3) is 0. The Hall–Kier alpha value is -0.840. The van der Waals surface area contributed by atoms with Crippen molar-refractivity contribution in [3.8, 4) is 0 Å². The van der Waals surface area contributed by atoms with E-state index < -0.39 is 7.75 Å². The highest BCUT2D eigenvalue weighted by atomic mass is 31.2. The first-order chi connectivity index (χ1) is 4.61. The number of nitrogens with one attached hydrogen (secondary N) is 1. The van der Waals surface area contributed by atoms with Crippen LogP contribution in [0.1, 0.15) is 0 Å². The molecule has 0 fully saturated rings. The third kappa shape index (κ3) is 1.57. The van der Waals surface area contributed by atoms with Gasteiger partial charge in [0.15, 0.2) is 0 Å². The molecular formula is C3H6N3O3P. The minimum Gasteiger partial charge on any atom is -0.306 e. The second-order valence-electron chi connectivity index (χ2n) is 1.56. The molecule has 0 bridgehead atoms. The first-order valence-corrected chi connectivity index (χ1v) is 3.98. The van der Waals surface area contributed by atoms with Gasteiger partial charge >= 0.3 is 7.75 Å². The predicted octanol–water partition coefficient (Wildman–Crippen LogP) is -0.601. The zero-order valence-corrected chi connectivity index (χ0v) is 5.77. The van der Waals surface area contributed by atoms with Crippen LogP contribution in [0.2, 0.25) is 0 Å². The summed E-state index contributed by atoms with van der Waals surface area (Å²) in [6.45, 7) is 0. The van der Waals surface area contributed by atoms with Crippen LogP contribution in [0.5, 0.6) is 0 Å². The van der Waals surface area contributed by atoms with E-state index in [2.05, 4.69) is 10.5 Å². The maximum Gasteiger partial charge on any atom is 0.464 e. The Morgan fingerprint density at radius 3 is 2.60 bits per heavy atom. The van der Waals surface area contributed by atoms with Gasteiger partial charge < -0.3 is 9.79 Å². The van der Waals surface area contributed by atoms with Gasteiger partial charge in [0.25, 0.3) is 0 Å². The SMILES string of the molecule is O=P(O)(O)N1N=CC=CN1. The van der Waals surface area contributed by atoms with E-state index >= 15 is 0 Å². The number of hydrogen-bond donors (Lipinski definition) is 3. The first kappa shape index (κ1) is 7.27. The summed E-state index contributed by atoms with van der Waals surface area (Å²) in [5, 5.41) is 3.35. The van der Waals surface area contributed by atoms with Crippen molar-refractivity contribution in [3.63, 3.8) is 0 Å². The van der Waals surface area contributed by atoms with Gasteiger partial charge in [-0.2, -0.15) is 5.10 Å². The van der Waals surface area contributed by atoms with Crippen LogP contribution >= 0.6 is 7.75 Å². The van der Waals surface area contributed by atoms with E-state index in [9.17, 15) is 4.57 Å². The van der Waals surface area contributed by atoms with Crippen LogP contribution in [0.4, 0.5) is 0 Å². The molecule has 3 N–H and O–H groups in total. The molecule has 1 aliphatic rings. The van der Waals surface area contributed by atoms with Crippen LogP contribution in [-0.4, -0.2) is 20.9 Å². The first-order valence-electron chi connectivity index (χ1n) is 2.42. The highest BCUT2D eigenvalue weighted by molar-refractivity contribution is 7.49. The van der Waals surface area contributed by atoms with Gasteiger partial charge in [0.05, 0.1) is 6.21 Å². The molecule has 0 spiro atoms. The molecule has 0 radical (unpaired) electrons. The van der Waals surface area contributed by atoms with Gasteiger partial charge in [0, 0.05) is 6.20 Å². The molecule has 0 aromatic carbocycles. The molecule has 1 aliphatic heterocycles. The highest BCUT2D eigenvalue weighted by Gasteiger charge is 2.23. The molecule has 6 nitrogen and oxygen atoms in total. The predicted molar refractivity (Wildman–Crippen MR) is 34.7 cm³/mol. The largest absolute Gasteiger partial charge is 0.464 e. The summed E-state index contributed by atoms with van der Waals surface area (Å²) in [6.07, 6.45) is 4.16. The van der Waals surface area contributed by atoms with E-state index in [0.717, 1.165) is 0 Å². The van der Waals surface area contributed by atoms with Crippen LogP contribution in [0.3, 0.4) is 0 Å². The molecule has 0 aromatic rings. The summed E-state index contributed by atoms with van der Waals surface area (Å²) >= 11 is 0. The molecule has 10 heavy (non-hydrogen) atoms. The van der Waals surface area contributed by atoms with Gasteiger partial charge in [-0.3, -0.25) is 5.43 Å². The molecule has 0 unspecified atom stereocenters.